The van der Waals surface area contributed by atoms with E-state index in [2.05, 4.69) is 51.8 Å². The first-order valence-corrected chi connectivity index (χ1v) is 12.0. The molecule has 2 aliphatic heterocycles. The van der Waals surface area contributed by atoms with E-state index >= 15 is 0 Å². The Hall–Kier alpha value is -1.30. The SMILES string of the molecule is CSc1ccc(CCC(=O)N2CCC(N3CCc4sccc4C3)CC2)cc1. The van der Waals surface area contributed by atoms with Crippen LogP contribution >= 0.6 is 23.1 Å². The molecule has 0 unspecified atom stereocenters. The molecule has 0 saturated carbocycles. The van der Waals surface area contributed by atoms with Crippen LogP contribution in [0.15, 0.2) is 40.6 Å². The van der Waals surface area contributed by atoms with E-state index in [4.69, 9.17) is 0 Å². The Balaban J connectivity index is 1.23. The summed E-state index contributed by atoms with van der Waals surface area (Å²) in [5.41, 5.74) is 2.79. The fourth-order valence-electron chi connectivity index (χ4n) is 4.26. The molecule has 5 heteroatoms. The normalized spacial score (nSPS) is 18.5. The predicted octanol–water partition coefficient (Wildman–Crippen LogP) is 4.45. The van der Waals surface area contributed by atoms with Gasteiger partial charge in [0.25, 0.3) is 0 Å². The lowest BCUT2D eigenvalue weighted by atomic mass is 9.99. The van der Waals surface area contributed by atoms with Crippen LogP contribution in [0.1, 0.15) is 35.3 Å². The highest BCUT2D eigenvalue weighted by molar-refractivity contribution is 7.98. The first-order valence-electron chi connectivity index (χ1n) is 9.93. The van der Waals surface area contributed by atoms with Gasteiger partial charge in [-0.05, 0) is 66.6 Å². The lowest BCUT2D eigenvalue weighted by Gasteiger charge is -2.40. The molecule has 0 N–H and O–H groups in total. The summed E-state index contributed by atoms with van der Waals surface area (Å²) in [5, 5.41) is 2.23. The van der Waals surface area contributed by atoms with Crippen LogP contribution in [0.2, 0.25) is 0 Å². The summed E-state index contributed by atoms with van der Waals surface area (Å²) >= 11 is 3.66. The minimum Gasteiger partial charge on any atom is -0.343 e. The van der Waals surface area contributed by atoms with Crippen LogP contribution < -0.4 is 0 Å². The number of amides is 1. The molecule has 1 saturated heterocycles. The van der Waals surface area contributed by atoms with Crippen LogP contribution in [-0.4, -0.2) is 47.6 Å². The molecule has 3 nitrogen and oxygen atoms in total. The van der Waals surface area contributed by atoms with Gasteiger partial charge >= 0.3 is 0 Å². The van der Waals surface area contributed by atoms with Gasteiger partial charge in [-0.25, -0.2) is 0 Å². The van der Waals surface area contributed by atoms with Crippen LogP contribution in [0.25, 0.3) is 0 Å². The topological polar surface area (TPSA) is 23.6 Å². The Morgan fingerprint density at radius 1 is 1.15 bits per heavy atom. The van der Waals surface area contributed by atoms with E-state index in [9.17, 15) is 4.79 Å². The molecular formula is C22H28N2OS2. The van der Waals surface area contributed by atoms with E-state index in [1.807, 2.05) is 11.3 Å². The van der Waals surface area contributed by atoms with Crippen molar-refractivity contribution in [1.82, 2.24) is 9.80 Å². The van der Waals surface area contributed by atoms with Gasteiger partial charge in [0, 0.05) is 48.4 Å². The Kier molecular flexibility index (Phi) is 6.21. The molecule has 2 aromatic rings. The lowest BCUT2D eigenvalue weighted by Crippen LogP contribution is -2.47. The van der Waals surface area contributed by atoms with Gasteiger partial charge in [0.1, 0.15) is 0 Å². The maximum absolute atomic E-state index is 12.6. The molecule has 0 bridgehead atoms. The second kappa shape index (κ2) is 8.80. The van der Waals surface area contributed by atoms with Crippen molar-refractivity contribution in [2.24, 2.45) is 0 Å². The Morgan fingerprint density at radius 2 is 1.93 bits per heavy atom. The van der Waals surface area contributed by atoms with Gasteiger partial charge in [-0.15, -0.1) is 23.1 Å². The van der Waals surface area contributed by atoms with Crippen LogP contribution in [0.3, 0.4) is 0 Å². The van der Waals surface area contributed by atoms with Crippen LogP contribution in [0, 0.1) is 0 Å². The van der Waals surface area contributed by atoms with Gasteiger partial charge in [-0.2, -0.15) is 0 Å². The molecule has 27 heavy (non-hydrogen) atoms. The number of fused-ring (bicyclic) bond motifs is 1. The number of hydrogen-bond acceptors (Lipinski definition) is 4. The zero-order chi connectivity index (χ0) is 18.6. The molecule has 1 amide bonds. The van der Waals surface area contributed by atoms with Crippen molar-refractivity contribution in [2.75, 3.05) is 25.9 Å². The number of carbonyl (C=O) groups is 1. The average Bonchev–Trinajstić information content (AvgIpc) is 3.20. The van der Waals surface area contributed by atoms with E-state index in [-0.39, 0.29) is 0 Å². The number of piperidine rings is 1. The van der Waals surface area contributed by atoms with Gasteiger partial charge in [-0.1, -0.05) is 12.1 Å². The van der Waals surface area contributed by atoms with Gasteiger partial charge < -0.3 is 4.90 Å². The average molecular weight is 401 g/mol. The summed E-state index contributed by atoms with van der Waals surface area (Å²) in [5.74, 6) is 0.321. The van der Waals surface area contributed by atoms with E-state index in [0.717, 1.165) is 38.9 Å². The van der Waals surface area contributed by atoms with Gasteiger partial charge in [0.15, 0.2) is 0 Å². The summed E-state index contributed by atoms with van der Waals surface area (Å²) in [6.45, 7) is 4.12. The summed E-state index contributed by atoms with van der Waals surface area (Å²) in [6.07, 6.45) is 7.00. The quantitative estimate of drug-likeness (QED) is 0.693. The number of hydrogen-bond donors (Lipinski definition) is 0. The summed E-state index contributed by atoms with van der Waals surface area (Å²) in [4.78, 5) is 20.2. The number of carbonyl (C=O) groups excluding carboxylic acids is 1. The van der Waals surface area contributed by atoms with Gasteiger partial charge in [0.05, 0.1) is 0 Å². The minimum atomic E-state index is 0.321. The van der Waals surface area contributed by atoms with Crippen molar-refractivity contribution in [3.8, 4) is 0 Å². The molecule has 1 fully saturated rings. The largest absolute Gasteiger partial charge is 0.343 e. The lowest BCUT2D eigenvalue weighted by molar-refractivity contribution is -0.132. The summed E-state index contributed by atoms with van der Waals surface area (Å²) < 4.78 is 0. The molecule has 0 atom stereocenters. The molecule has 1 aromatic carbocycles. The molecule has 0 aliphatic carbocycles. The molecule has 1 aromatic heterocycles. The third-order valence-corrected chi connectivity index (χ3v) is 7.72. The third kappa shape index (κ3) is 4.58. The number of nitrogens with zero attached hydrogens (tertiary/aromatic N) is 2. The second-order valence-electron chi connectivity index (χ2n) is 7.55. The molecule has 0 radical (unpaired) electrons. The van der Waals surface area contributed by atoms with Gasteiger partial charge in [0.2, 0.25) is 5.91 Å². The first kappa shape index (κ1) is 19.0. The van der Waals surface area contributed by atoms with Crippen molar-refractivity contribution in [2.45, 2.75) is 49.6 Å². The van der Waals surface area contributed by atoms with Crippen molar-refractivity contribution in [3.63, 3.8) is 0 Å². The highest BCUT2D eigenvalue weighted by Crippen LogP contribution is 2.28. The monoisotopic (exact) mass is 400 g/mol. The molecule has 4 rings (SSSR count). The van der Waals surface area contributed by atoms with E-state index in [1.165, 1.54) is 29.0 Å². The van der Waals surface area contributed by atoms with Crippen LogP contribution in [-0.2, 0) is 24.2 Å². The predicted molar refractivity (Wildman–Crippen MR) is 115 cm³/mol. The number of thiophene rings is 1. The van der Waals surface area contributed by atoms with Crippen molar-refractivity contribution in [1.29, 1.82) is 0 Å². The molecule has 2 aliphatic rings. The summed E-state index contributed by atoms with van der Waals surface area (Å²) in [6, 6.07) is 11.5. The maximum atomic E-state index is 12.6. The van der Waals surface area contributed by atoms with Crippen molar-refractivity contribution >= 4 is 29.0 Å². The fraction of sp³-hybridized carbons (Fsp3) is 0.500. The van der Waals surface area contributed by atoms with Gasteiger partial charge in [-0.3, -0.25) is 9.69 Å². The number of likely N-dealkylation sites (tertiary alicyclic amines) is 1. The van der Waals surface area contributed by atoms with Crippen molar-refractivity contribution < 1.29 is 4.79 Å². The number of benzene rings is 1. The Labute approximate surface area is 170 Å². The summed E-state index contributed by atoms with van der Waals surface area (Å²) in [7, 11) is 0. The molecule has 0 spiro atoms. The smallest absolute Gasteiger partial charge is 0.222 e. The van der Waals surface area contributed by atoms with Crippen LogP contribution in [0.4, 0.5) is 0 Å². The zero-order valence-electron chi connectivity index (χ0n) is 16.0. The van der Waals surface area contributed by atoms with E-state index in [1.54, 1.807) is 16.6 Å². The third-order valence-electron chi connectivity index (χ3n) is 5.96. The Morgan fingerprint density at radius 3 is 2.67 bits per heavy atom. The van der Waals surface area contributed by atoms with E-state index in [0.29, 0.717) is 18.4 Å². The number of rotatable bonds is 5. The zero-order valence-corrected chi connectivity index (χ0v) is 17.7. The minimum absolute atomic E-state index is 0.321. The molecular weight excluding hydrogens is 372 g/mol. The molecule has 3 heterocycles. The standard InChI is InChI=1S/C22H28N2OS2/c1-26-20-5-2-17(3-6-20)4-7-22(25)23-12-8-19(9-13-23)24-14-10-21-18(16-24)11-15-27-21/h2-3,5-6,11,15,19H,4,7-10,12-14,16H2,1H3. The highest BCUT2D eigenvalue weighted by atomic mass is 32.2. The maximum Gasteiger partial charge on any atom is 0.222 e. The molecule has 144 valence electrons. The van der Waals surface area contributed by atoms with Crippen molar-refractivity contribution in [3.05, 3.63) is 51.7 Å². The number of aryl methyl sites for hydroxylation is 1. The fourth-order valence-corrected chi connectivity index (χ4v) is 5.56. The van der Waals surface area contributed by atoms with Crippen LogP contribution in [0.5, 0.6) is 0 Å². The van der Waals surface area contributed by atoms with E-state index < -0.39 is 0 Å². The second-order valence-corrected chi connectivity index (χ2v) is 9.43. The number of thioether (sulfide) groups is 1. The Bertz CT molecular complexity index is 763. The first-order chi connectivity index (χ1) is 13.2. The highest BCUT2D eigenvalue weighted by Gasteiger charge is 2.29.